The lowest BCUT2D eigenvalue weighted by Crippen LogP contribution is -2.31. The molecule has 1 heterocycles. The maximum absolute atomic E-state index is 5.89. The zero-order valence-electron chi connectivity index (χ0n) is 10.5. The van der Waals surface area contributed by atoms with Crippen molar-refractivity contribution in [3.8, 4) is 5.75 Å². The summed E-state index contributed by atoms with van der Waals surface area (Å²) in [7, 11) is 0. The number of halogens is 1. The number of hydrogen-bond acceptors (Lipinski definition) is 2. The van der Waals surface area contributed by atoms with Crippen molar-refractivity contribution in [3.05, 3.63) is 28.2 Å². The lowest BCUT2D eigenvalue weighted by molar-refractivity contribution is 0.227. The van der Waals surface area contributed by atoms with Crippen LogP contribution in [0.2, 0.25) is 0 Å². The summed E-state index contributed by atoms with van der Waals surface area (Å²) in [6.07, 6.45) is 2.54. The Bertz CT molecular complexity index is 378. The van der Waals surface area contributed by atoms with E-state index in [4.69, 9.17) is 4.74 Å². The van der Waals surface area contributed by atoms with E-state index in [1.165, 1.54) is 12.0 Å². The molecule has 2 nitrogen and oxygen atoms in total. The number of ether oxygens (including phenoxy) is 1. The molecular formula is C14H20BrNO. The van der Waals surface area contributed by atoms with Gasteiger partial charge in [0.1, 0.15) is 11.9 Å². The van der Waals surface area contributed by atoms with Crippen LogP contribution in [-0.4, -0.2) is 19.2 Å². The third-order valence-corrected chi connectivity index (χ3v) is 3.53. The summed E-state index contributed by atoms with van der Waals surface area (Å²) in [4.78, 5) is 0. The number of fused-ring (bicyclic) bond motifs is 1. The van der Waals surface area contributed by atoms with Crippen molar-refractivity contribution in [2.75, 3.05) is 13.1 Å². The third-order valence-electron chi connectivity index (χ3n) is 3.03. The first-order valence-corrected chi connectivity index (χ1v) is 7.10. The van der Waals surface area contributed by atoms with Crippen LogP contribution in [0.5, 0.6) is 5.75 Å². The molecule has 17 heavy (non-hydrogen) atoms. The Labute approximate surface area is 112 Å². The molecule has 1 aliphatic heterocycles. The van der Waals surface area contributed by atoms with E-state index >= 15 is 0 Å². The minimum Gasteiger partial charge on any atom is -0.488 e. The molecule has 94 valence electrons. The molecule has 1 atom stereocenters. The third kappa shape index (κ3) is 3.71. The van der Waals surface area contributed by atoms with Gasteiger partial charge in [0, 0.05) is 17.4 Å². The fourth-order valence-electron chi connectivity index (χ4n) is 2.06. The van der Waals surface area contributed by atoms with Crippen LogP contribution < -0.4 is 10.1 Å². The largest absolute Gasteiger partial charge is 0.488 e. The summed E-state index contributed by atoms with van der Waals surface area (Å²) >= 11 is 3.49. The highest BCUT2D eigenvalue weighted by Crippen LogP contribution is 2.30. The van der Waals surface area contributed by atoms with Crippen LogP contribution in [0.15, 0.2) is 22.7 Å². The van der Waals surface area contributed by atoms with Crippen molar-refractivity contribution >= 4 is 15.9 Å². The van der Waals surface area contributed by atoms with Gasteiger partial charge in [0.2, 0.25) is 0 Å². The molecule has 1 aromatic carbocycles. The molecule has 0 bridgehead atoms. The van der Waals surface area contributed by atoms with E-state index in [1.54, 1.807) is 0 Å². The highest BCUT2D eigenvalue weighted by Gasteiger charge is 2.22. The Morgan fingerprint density at radius 1 is 1.47 bits per heavy atom. The molecule has 0 spiro atoms. The maximum atomic E-state index is 5.89. The Kier molecular flexibility index (Phi) is 4.46. The van der Waals surface area contributed by atoms with Gasteiger partial charge in [-0.05, 0) is 42.6 Å². The van der Waals surface area contributed by atoms with Crippen molar-refractivity contribution in [2.45, 2.75) is 32.8 Å². The zero-order valence-corrected chi connectivity index (χ0v) is 12.1. The van der Waals surface area contributed by atoms with Crippen molar-refractivity contribution in [1.29, 1.82) is 0 Å². The van der Waals surface area contributed by atoms with E-state index in [9.17, 15) is 0 Å². The number of benzene rings is 1. The fourth-order valence-corrected chi connectivity index (χ4v) is 2.47. The van der Waals surface area contributed by atoms with Crippen LogP contribution >= 0.6 is 15.9 Å². The van der Waals surface area contributed by atoms with Crippen LogP contribution in [0, 0.1) is 5.92 Å². The van der Waals surface area contributed by atoms with E-state index in [2.05, 4.69) is 41.2 Å². The van der Waals surface area contributed by atoms with E-state index in [0.717, 1.165) is 35.7 Å². The van der Waals surface area contributed by atoms with Gasteiger partial charge in [-0.15, -0.1) is 0 Å². The molecule has 0 fully saturated rings. The maximum Gasteiger partial charge on any atom is 0.123 e. The van der Waals surface area contributed by atoms with Crippen LogP contribution in [0.1, 0.15) is 25.8 Å². The Balaban J connectivity index is 1.76. The number of rotatable bonds is 5. The van der Waals surface area contributed by atoms with Crippen molar-refractivity contribution in [2.24, 2.45) is 5.92 Å². The van der Waals surface area contributed by atoms with Gasteiger partial charge in [-0.3, -0.25) is 0 Å². The molecule has 0 saturated heterocycles. The average Bonchev–Trinajstić information content (AvgIpc) is 2.66. The van der Waals surface area contributed by atoms with Gasteiger partial charge in [0.15, 0.2) is 0 Å². The molecule has 1 unspecified atom stereocenters. The van der Waals surface area contributed by atoms with Gasteiger partial charge in [-0.1, -0.05) is 29.8 Å². The average molecular weight is 298 g/mol. The first-order valence-electron chi connectivity index (χ1n) is 6.31. The van der Waals surface area contributed by atoms with Gasteiger partial charge >= 0.3 is 0 Å². The van der Waals surface area contributed by atoms with Gasteiger partial charge in [0.25, 0.3) is 0 Å². The predicted molar refractivity (Wildman–Crippen MR) is 74.6 cm³/mol. The minimum atomic E-state index is 0.298. The normalized spacial score (nSPS) is 18.2. The predicted octanol–water partition coefficient (Wildman–Crippen LogP) is 3.39. The SMILES string of the molecule is CC(C)CCNCC1Cc2cc(Br)ccc2O1. The second-order valence-corrected chi connectivity index (χ2v) is 6.00. The molecule has 0 amide bonds. The highest BCUT2D eigenvalue weighted by atomic mass is 79.9. The lowest BCUT2D eigenvalue weighted by Gasteiger charge is -2.12. The van der Waals surface area contributed by atoms with Gasteiger partial charge in [0.05, 0.1) is 0 Å². The summed E-state index contributed by atoms with van der Waals surface area (Å²) in [6.45, 7) is 6.53. The van der Waals surface area contributed by atoms with Crippen LogP contribution in [-0.2, 0) is 6.42 Å². The Hall–Kier alpha value is -0.540. The summed E-state index contributed by atoms with van der Waals surface area (Å²) in [5.41, 5.74) is 1.31. The molecule has 0 aromatic heterocycles. The molecule has 2 rings (SSSR count). The van der Waals surface area contributed by atoms with Crippen LogP contribution in [0.25, 0.3) is 0 Å². The first kappa shape index (κ1) is 12.9. The van der Waals surface area contributed by atoms with E-state index in [-0.39, 0.29) is 0 Å². The molecule has 0 radical (unpaired) electrons. The second-order valence-electron chi connectivity index (χ2n) is 5.08. The smallest absolute Gasteiger partial charge is 0.123 e. The molecule has 0 aliphatic carbocycles. The molecule has 3 heteroatoms. The summed E-state index contributed by atoms with van der Waals surface area (Å²) in [6, 6.07) is 6.24. The van der Waals surface area contributed by atoms with E-state index in [0.29, 0.717) is 6.10 Å². The Morgan fingerprint density at radius 2 is 2.29 bits per heavy atom. The molecular weight excluding hydrogens is 278 g/mol. The van der Waals surface area contributed by atoms with Crippen molar-refractivity contribution in [3.63, 3.8) is 0 Å². The summed E-state index contributed by atoms with van der Waals surface area (Å²) in [5, 5.41) is 3.47. The standard InChI is InChI=1S/C14H20BrNO/c1-10(2)5-6-16-9-13-8-11-7-12(15)3-4-14(11)17-13/h3-4,7,10,13,16H,5-6,8-9H2,1-2H3. The molecule has 1 aromatic rings. The summed E-state index contributed by atoms with van der Waals surface area (Å²) in [5.74, 6) is 1.81. The van der Waals surface area contributed by atoms with Gasteiger partial charge in [-0.2, -0.15) is 0 Å². The van der Waals surface area contributed by atoms with Crippen molar-refractivity contribution in [1.82, 2.24) is 5.32 Å². The number of hydrogen-bond donors (Lipinski definition) is 1. The van der Waals surface area contributed by atoms with Crippen molar-refractivity contribution < 1.29 is 4.74 Å². The first-order chi connectivity index (χ1) is 8.15. The molecule has 1 N–H and O–H groups in total. The highest BCUT2D eigenvalue weighted by molar-refractivity contribution is 9.10. The van der Waals surface area contributed by atoms with E-state index in [1.807, 2.05) is 12.1 Å². The fraction of sp³-hybridized carbons (Fsp3) is 0.571. The number of nitrogens with one attached hydrogen (secondary N) is 1. The Morgan fingerprint density at radius 3 is 3.06 bits per heavy atom. The van der Waals surface area contributed by atoms with E-state index < -0.39 is 0 Å². The zero-order chi connectivity index (χ0) is 12.3. The molecule has 0 saturated carbocycles. The molecule has 1 aliphatic rings. The van der Waals surface area contributed by atoms with Gasteiger partial charge < -0.3 is 10.1 Å². The lowest BCUT2D eigenvalue weighted by atomic mass is 10.1. The van der Waals surface area contributed by atoms with Gasteiger partial charge in [-0.25, -0.2) is 0 Å². The monoisotopic (exact) mass is 297 g/mol. The minimum absolute atomic E-state index is 0.298. The topological polar surface area (TPSA) is 21.3 Å². The summed E-state index contributed by atoms with van der Waals surface area (Å²) < 4.78 is 7.02. The van der Waals surface area contributed by atoms with Crippen LogP contribution in [0.3, 0.4) is 0 Å². The quantitative estimate of drug-likeness (QED) is 0.841. The van der Waals surface area contributed by atoms with Crippen LogP contribution in [0.4, 0.5) is 0 Å². The second kappa shape index (κ2) is 5.87.